The van der Waals surface area contributed by atoms with E-state index in [4.69, 9.17) is 0 Å². The molecule has 0 N–H and O–H groups in total. The summed E-state index contributed by atoms with van der Waals surface area (Å²) in [6.45, 7) is 5.64. The molecule has 6 heteroatoms. The fraction of sp³-hybridized carbons (Fsp3) is 0.500. The third-order valence-electron chi connectivity index (χ3n) is 3.84. The van der Waals surface area contributed by atoms with E-state index in [1.54, 1.807) is 15.7 Å². The normalized spacial score (nSPS) is 13.7. The van der Waals surface area contributed by atoms with Crippen LogP contribution in [0.3, 0.4) is 0 Å². The predicted molar refractivity (Wildman–Crippen MR) is 69.6 cm³/mol. The number of hydrogen-bond donors (Lipinski definition) is 0. The van der Waals surface area contributed by atoms with Gasteiger partial charge in [0.2, 0.25) is 0 Å². The van der Waals surface area contributed by atoms with Gasteiger partial charge in [0, 0.05) is 0 Å². The lowest BCUT2D eigenvalue weighted by Gasteiger charge is -2.40. The largest absolute Gasteiger partial charge is 0.416 e. The second-order valence-corrected chi connectivity index (χ2v) is 6.07. The number of alkyl halides is 3. The first-order valence-corrected chi connectivity index (χ1v) is 5.74. The van der Waals surface area contributed by atoms with Crippen molar-refractivity contribution in [2.45, 2.75) is 32.2 Å². The molecule has 1 rings (SSSR count). The van der Waals surface area contributed by atoms with Crippen molar-refractivity contribution in [3.8, 4) is 0 Å². The molecule has 18 heavy (non-hydrogen) atoms. The van der Waals surface area contributed by atoms with E-state index >= 15 is 0 Å². The molecular weight excluding hydrogens is 242 g/mol. The standard InChI is InChI=1S/C12H16B2F4/c1-10(2,3)11(13,14)8-6-7(12(16,17)18)4-5-9(8)15/h4-6H,13-14H2,1-3H3. The fourth-order valence-electron chi connectivity index (χ4n) is 1.58. The maximum atomic E-state index is 13.8. The Morgan fingerprint density at radius 3 is 1.89 bits per heavy atom. The Balaban J connectivity index is 3.42. The number of benzene rings is 1. The first-order chi connectivity index (χ1) is 7.87. The Labute approximate surface area is 107 Å². The summed E-state index contributed by atoms with van der Waals surface area (Å²) in [7, 11) is 3.51. The van der Waals surface area contributed by atoms with E-state index in [0.717, 1.165) is 18.2 Å². The van der Waals surface area contributed by atoms with Crippen molar-refractivity contribution in [3.05, 3.63) is 35.1 Å². The van der Waals surface area contributed by atoms with Gasteiger partial charge in [0.05, 0.1) is 5.56 Å². The predicted octanol–water partition coefficient (Wildman–Crippen LogP) is 2.31. The fourth-order valence-corrected chi connectivity index (χ4v) is 1.58. The summed E-state index contributed by atoms with van der Waals surface area (Å²) in [5.74, 6) is -0.595. The zero-order valence-electron chi connectivity index (χ0n) is 11.2. The quantitative estimate of drug-likeness (QED) is 0.535. The van der Waals surface area contributed by atoms with Crippen LogP contribution in [0, 0.1) is 11.2 Å². The lowest BCUT2D eigenvalue weighted by molar-refractivity contribution is -0.137. The second kappa shape index (κ2) is 4.32. The van der Waals surface area contributed by atoms with E-state index in [9.17, 15) is 17.6 Å². The molecule has 0 saturated heterocycles. The van der Waals surface area contributed by atoms with Crippen molar-refractivity contribution < 1.29 is 17.6 Å². The van der Waals surface area contributed by atoms with Gasteiger partial charge in [-0.15, -0.1) is 0 Å². The average molecular weight is 258 g/mol. The SMILES string of the molecule is BC(B)(c1cc(C(F)(F)F)ccc1F)C(C)(C)C. The van der Waals surface area contributed by atoms with Gasteiger partial charge in [0.25, 0.3) is 0 Å². The first-order valence-electron chi connectivity index (χ1n) is 5.74. The smallest absolute Gasteiger partial charge is 0.207 e. The lowest BCUT2D eigenvalue weighted by Crippen LogP contribution is -2.42. The summed E-state index contributed by atoms with van der Waals surface area (Å²) < 4.78 is 51.8. The Morgan fingerprint density at radius 2 is 1.50 bits per heavy atom. The van der Waals surface area contributed by atoms with Gasteiger partial charge in [-0.25, -0.2) is 4.39 Å². The number of halogens is 4. The van der Waals surface area contributed by atoms with Crippen LogP contribution in [0.2, 0.25) is 0 Å². The summed E-state index contributed by atoms with van der Waals surface area (Å²) in [4.78, 5) is 0. The molecule has 0 aromatic heterocycles. The Kier molecular flexibility index (Phi) is 3.63. The molecule has 0 radical (unpaired) electrons. The molecule has 0 amide bonds. The van der Waals surface area contributed by atoms with Crippen LogP contribution in [-0.4, -0.2) is 15.7 Å². The molecule has 98 valence electrons. The van der Waals surface area contributed by atoms with Gasteiger partial charge < -0.3 is 0 Å². The van der Waals surface area contributed by atoms with E-state index in [1.165, 1.54) is 0 Å². The summed E-state index contributed by atoms with van der Waals surface area (Å²) in [6.07, 6.45) is -4.45. The molecule has 0 saturated carbocycles. The second-order valence-electron chi connectivity index (χ2n) is 6.07. The Bertz CT molecular complexity index is 444. The summed E-state index contributed by atoms with van der Waals surface area (Å²) in [6, 6.07) is 2.59. The molecule has 0 bridgehead atoms. The van der Waals surface area contributed by atoms with Crippen LogP contribution in [0.1, 0.15) is 31.9 Å². The van der Waals surface area contributed by atoms with Crippen LogP contribution >= 0.6 is 0 Å². The van der Waals surface area contributed by atoms with E-state index < -0.39 is 22.8 Å². The summed E-state index contributed by atoms with van der Waals surface area (Å²) >= 11 is 0. The van der Waals surface area contributed by atoms with Crippen molar-refractivity contribution in [1.82, 2.24) is 0 Å². The zero-order chi connectivity index (χ0) is 14.4. The van der Waals surface area contributed by atoms with E-state index in [2.05, 4.69) is 0 Å². The highest BCUT2D eigenvalue weighted by atomic mass is 19.4. The number of rotatable bonds is 1. The highest BCUT2D eigenvalue weighted by Crippen LogP contribution is 2.39. The third kappa shape index (κ3) is 2.73. The molecule has 1 aromatic rings. The third-order valence-corrected chi connectivity index (χ3v) is 3.84. The highest BCUT2D eigenvalue weighted by molar-refractivity contribution is 6.40. The molecule has 0 aliphatic carbocycles. The van der Waals surface area contributed by atoms with E-state index in [-0.39, 0.29) is 11.0 Å². The van der Waals surface area contributed by atoms with Gasteiger partial charge in [0.1, 0.15) is 21.5 Å². The number of hydrogen-bond acceptors (Lipinski definition) is 0. The van der Waals surface area contributed by atoms with Crippen LogP contribution in [0.4, 0.5) is 17.6 Å². The van der Waals surface area contributed by atoms with Crippen molar-refractivity contribution in [2.75, 3.05) is 0 Å². The van der Waals surface area contributed by atoms with Gasteiger partial charge in [-0.2, -0.15) is 13.2 Å². The molecule has 0 heterocycles. The average Bonchev–Trinajstić information content (AvgIpc) is 2.14. The molecule has 0 atom stereocenters. The monoisotopic (exact) mass is 258 g/mol. The molecule has 1 aromatic carbocycles. The van der Waals surface area contributed by atoms with Crippen molar-refractivity contribution in [3.63, 3.8) is 0 Å². The Morgan fingerprint density at radius 1 is 1.00 bits per heavy atom. The highest BCUT2D eigenvalue weighted by Gasteiger charge is 2.38. The van der Waals surface area contributed by atoms with Crippen LogP contribution < -0.4 is 0 Å². The van der Waals surface area contributed by atoms with Crippen molar-refractivity contribution >= 4 is 15.7 Å². The minimum Gasteiger partial charge on any atom is -0.207 e. The van der Waals surface area contributed by atoms with Crippen LogP contribution in [0.5, 0.6) is 0 Å². The lowest BCUT2D eigenvalue weighted by atomic mass is 9.41. The minimum atomic E-state index is -4.45. The molecule has 0 aliphatic heterocycles. The maximum Gasteiger partial charge on any atom is 0.416 e. The molecule has 0 unspecified atom stereocenters. The molecular formula is C12H16B2F4. The van der Waals surface area contributed by atoms with E-state index in [1.807, 2.05) is 20.8 Å². The van der Waals surface area contributed by atoms with Gasteiger partial charge in [0.15, 0.2) is 0 Å². The van der Waals surface area contributed by atoms with Gasteiger partial charge >= 0.3 is 6.18 Å². The molecule has 0 fully saturated rings. The minimum absolute atomic E-state index is 0.102. The van der Waals surface area contributed by atoms with Crippen LogP contribution in [-0.2, 0) is 11.4 Å². The van der Waals surface area contributed by atoms with Gasteiger partial charge in [-0.1, -0.05) is 26.0 Å². The topological polar surface area (TPSA) is 0 Å². The van der Waals surface area contributed by atoms with Crippen LogP contribution in [0.25, 0.3) is 0 Å². The maximum absolute atomic E-state index is 13.8. The molecule has 0 nitrogen and oxygen atoms in total. The Hall–Kier alpha value is -0.930. The van der Waals surface area contributed by atoms with Crippen molar-refractivity contribution in [1.29, 1.82) is 0 Å². The first kappa shape index (κ1) is 15.1. The summed E-state index contributed by atoms with van der Waals surface area (Å²) in [5.41, 5.74) is -1.06. The molecule has 0 aliphatic rings. The zero-order valence-corrected chi connectivity index (χ0v) is 11.2. The van der Waals surface area contributed by atoms with Gasteiger partial charge in [-0.3, -0.25) is 0 Å². The van der Waals surface area contributed by atoms with E-state index in [0.29, 0.717) is 0 Å². The van der Waals surface area contributed by atoms with Crippen LogP contribution in [0.15, 0.2) is 18.2 Å². The van der Waals surface area contributed by atoms with Gasteiger partial charge in [-0.05, 0) is 29.2 Å². The molecule has 0 spiro atoms. The van der Waals surface area contributed by atoms with Crippen molar-refractivity contribution in [2.24, 2.45) is 5.41 Å². The summed E-state index contributed by atoms with van der Waals surface area (Å²) in [5, 5.41) is -0.696.